The van der Waals surface area contributed by atoms with Crippen LogP contribution in [0.25, 0.3) is 0 Å². The maximum absolute atomic E-state index is 6.06. The fourth-order valence-corrected chi connectivity index (χ4v) is 2.91. The number of aryl methyl sites for hydroxylation is 2. The van der Waals surface area contributed by atoms with E-state index in [1.165, 1.54) is 27.9 Å². The van der Waals surface area contributed by atoms with Gasteiger partial charge in [0.1, 0.15) is 0 Å². The summed E-state index contributed by atoms with van der Waals surface area (Å²) in [4.78, 5) is 2.42. The zero-order valence-corrected chi connectivity index (χ0v) is 10.9. The molecule has 0 aromatic heterocycles. The predicted octanol–water partition coefficient (Wildman–Crippen LogP) is 3.41. The normalized spacial score (nSPS) is 13.8. The van der Waals surface area contributed by atoms with Gasteiger partial charge in [-0.05, 0) is 42.2 Å². The highest BCUT2D eigenvalue weighted by Crippen LogP contribution is 2.34. The van der Waals surface area contributed by atoms with Crippen LogP contribution in [0.2, 0.25) is 0 Å². The number of anilines is 2. The molecular formula is C16H18N2. The summed E-state index contributed by atoms with van der Waals surface area (Å²) in [5.74, 6) is 0. The third-order valence-electron chi connectivity index (χ3n) is 3.78. The van der Waals surface area contributed by atoms with Gasteiger partial charge in [-0.15, -0.1) is 0 Å². The summed E-state index contributed by atoms with van der Waals surface area (Å²) in [6, 6.07) is 12.7. The molecule has 2 aromatic rings. The van der Waals surface area contributed by atoms with E-state index >= 15 is 0 Å². The summed E-state index contributed by atoms with van der Waals surface area (Å²) in [5.41, 5.74) is 13.7. The Morgan fingerprint density at radius 1 is 0.944 bits per heavy atom. The molecule has 18 heavy (non-hydrogen) atoms. The number of rotatable bonds is 1. The first-order valence-corrected chi connectivity index (χ1v) is 6.34. The Bertz CT molecular complexity index is 582. The molecule has 92 valence electrons. The molecule has 0 saturated heterocycles. The summed E-state index contributed by atoms with van der Waals surface area (Å²) in [6.45, 7) is 6.24. The Balaban J connectivity index is 2.02. The van der Waals surface area contributed by atoms with Gasteiger partial charge in [0, 0.05) is 24.5 Å². The van der Waals surface area contributed by atoms with Crippen LogP contribution in [0.15, 0.2) is 36.4 Å². The van der Waals surface area contributed by atoms with Crippen molar-refractivity contribution in [3.05, 3.63) is 58.7 Å². The van der Waals surface area contributed by atoms with Crippen LogP contribution in [-0.4, -0.2) is 0 Å². The van der Waals surface area contributed by atoms with Crippen LogP contribution >= 0.6 is 0 Å². The lowest BCUT2D eigenvalue weighted by Gasteiger charge is -2.22. The van der Waals surface area contributed by atoms with Crippen molar-refractivity contribution < 1.29 is 0 Å². The predicted molar refractivity (Wildman–Crippen MR) is 76.7 cm³/mol. The lowest BCUT2D eigenvalue weighted by Crippen LogP contribution is -2.17. The van der Waals surface area contributed by atoms with Crippen molar-refractivity contribution in [2.24, 2.45) is 0 Å². The smallest absolute Gasteiger partial charge is 0.0457 e. The lowest BCUT2D eigenvalue weighted by molar-refractivity contribution is 0.870. The summed E-state index contributed by atoms with van der Waals surface area (Å²) >= 11 is 0. The van der Waals surface area contributed by atoms with Gasteiger partial charge in [0.2, 0.25) is 0 Å². The number of benzene rings is 2. The molecule has 2 heteroatoms. The SMILES string of the molecule is Cc1cccc(C)c1N1Cc2cccc(N)c2C1. The monoisotopic (exact) mass is 238 g/mol. The van der Waals surface area contributed by atoms with Crippen molar-refractivity contribution in [3.8, 4) is 0 Å². The summed E-state index contributed by atoms with van der Waals surface area (Å²) < 4.78 is 0. The minimum Gasteiger partial charge on any atom is -0.398 e. The lowest BCUT2D eigenvalue weighted by atomic mass is 10.1. The molecule has 0 radical (unpaired) electrons. The maximum atomic E-state index is 6.06. The fourth-order valence-electron chi connectivity index (χ4n) is 2.91. The van der Waals surface area contributed by atoms with Crippen molar-refractivity contribution in [1.82, 2.24) is 0 Å². The van der Waals surface area contributed by atoms with Gasteiger partial charge in [-0.1, -0.05) is 30.3 Å². The van der Waals surface area contributed by atoms with E-state index in [9.17, 15) is 0 Å². The van der Waals surface area contributed by atoms with Crippen LogP contribution in [0.5, 0.6) is 0 Å². The first kappa shape index (κ1) is 11.1. The molecule has 1 aliphatic rings. The molecule has 0 spiro atoms. The zero-order valence-electron chi connectivity index (χ0n) is 10.9. The van der Waals surface area contributed by atoms with Crippen LogP contribution in [0.1, 0.15) is 22.3 Å². The van der Waals surface area contributed by atoms with Crippen molar-refractivity contribution in [2.75, 3.05) is 10.6 Å². The highest BCUT2D eigenvalue weighted by molar-refractivity contribution is 5.64. The molecule has 0 saturated carbocycles. The second-order valence-electron chi connectivity index (χ2n) is 5.08. The van der Waals surface area contributed by atoms with Gasteiger partial charge in [-0.25, -0.2) is 0 Å². The van der Waals surface area contributed by atoms with Crippen LogP contribution in [0.3, 0.4) is 0 Å². The fraction of sp³-hybridized carbons (Fsp3) is 0.250. The van der Waals surface area contributed by atoms with E-state index in [1.807, 2.05) is 12.1 Å². The third-order valence-corrected chi connectivity index (χ3v) is 3.78. The quantitative estimate of drug-likeness (QED) is 0.771. The first-order chi connectivity index (χ1) is 8.66. The van der Waals surface area contributed by atoms with Gasteiger partial charge in [-0.3, -0.25) is 0 Å². The number of nitrogens with two attached hydrogens (primary N) is 1. The zero-order chi connectivity index (χ0) is 12.7. The van der Waals surface area contributed by atoms with E-state index in [0.29, 0.717) is 0 Å². The van der Waals surface area contributed by atoms with Crippen LogP contribution in [0, 0.1) is 13.8 Å². The molecule has 0 amide bonds. The Kier molecular flexibility index (Phi) is 2.51. The molecule has 2 nitrogen and oxygen atoms in total. The molecule has 0 atom stereocenters. The molecule has 0 bridgehead atoms. The van der Waals surface area contributed by atoms with Crippen LogP contribution < -0.4 is 10.6 Å². The second-order valence-corrected chi connectivity index (χ2v) is 5.08. The van der Waals surface area contributed by atoms with Gasteiger partial charge < -0.3 is 10.6 Å². The Morgan fingerprint density at radius 3 is 2.28 bits per heavy atom. The average Bonchev–Trinajstić information content (AvgIpc) is 2.74. The van der Waals surface area contributed by atoms with Crippen LogP contribution in [0.4, 0.5) is 11.4 Å². The number of nitrogen functional groups attached to an aromatic ring is 1. The van der Waals surface area contributed by atoms with Gasteiger partial charge in [0.05, 0.1) is 0 Å². The van der Waals surface area contributed by atoms with Gasteiger partial charge in [0.25, 0.3) is 0 Å². The van der Waals surface area contributed by atoms with E-state index in [1.54, 1.807) is 0 Å². The topological polar surface area (TPSA) is 29.3 Å². The van der Waals surface area contributed by atoms with Gasteiger partial charge in [0.15, 0.2) is 0 Å². The van der Waals surface area contributed by atoms with Crippen molar-refractivity contribution in [1.29, 1.82) is 0 Å². The maximum Gasteiger partial charge on any atom is 0.0457 e. The molecule has 1 aliphatic heterocycles. The van der Waals surface area contributed by atoms with Gasteiger partial charge >= 0.3 is 0 Å². The summed E-state index contributed by atoms with van der Waals surface area (Å²) in [7, 11) is 0. The number of fused-ring (bicyclic) bond motifs is 1. The van der Waals surface area contributed by atoms with Gasteiger partial charge in [-0.2, -0.15) is 0 Å². The van der Waals surface area contributed by atoms with Crippen molar-refractivity contribution >= 4 is 11.4 Å². The molecule has 3 rings (SSSR count). The van der Waals surface area contributed by atoms with Crippen molar-refractivity contribution in [3.63, 3.8) is 0 Å². The molecule has 2 N–H and O–H groups in total. The summed E-state index contributed by atoms with van der Waals surface area (Å²) in [6.07, 6.45) is 0. The van der Waals surface area contributed by atoms with E-state index in [0.717, 1.165) is 18.8 Å². The van der Waals surface area contributed by atoms with Crippen LogP contribution in [-0.2, 0) is 13.1 Å². The Hall–Kier alpha value is -1.96. The second kappa shape index (κ2) is 4.05. The third kappa shape index (κ3) is 1.65. The highest BCUT2D eigenvalue weighted by Gasteiger charge is 2.22. The summed E-state index contributed by atoms with van der Waals surface area (Å²) in [5, 5.41) is 0. The number of hydrogen-bond donors (Lipinski definition) is 1. The minimum absolute atomic E-state index is 0.918. The Labute approximate surface area is 108 Å². The molecule has 0 fully saturated rings. The first-order valence-electron chi connectivity index (χ1n) is 6.34. The van der Waals surface area contributed by atoms with E-state index < -0.39 is 0 Å². The van der Waals surface area contributed by atoms with E-state index in [2.05, 4.69) is 43.0 Å². The molecular weight excluding hydrogens is 220 g/mol. The van der Waals surface area contributed by atoms with E-state index in [-0.39, 0.29) is 0 Å². The number of para-hydroxylation sites is 1. The standard InChI is InChI=1S/C16H18N2/c1-11-5-3-6-12(2)16(11)18-9-13-7-4-8-15(17)14(13)10-18/h3-8H,9-10,17H2,1-2H3. The van der Waals surface area contributed by atoms with E-state index in [4.69, 9.17) is 5.73 Å². The number of hydrogen-bond acceptors (Lipinski definition) is 2. The average molecular weight is 238 g/mol. The number of nitrogens with zero attached hydrogens (tertiary/aromatic N) is 1. The molecule has 0 unspecified atom stereocenters. The largest absolute Gasteiger partial charge is 0.398 e. The molecule has 0 aliphatic carbocycles. The minimum atomic E-state index is 0.918. The highest BCUT2D eigenvalue weighted by atomic mass is 15.1. The molecule has 2 aromatic carbocycles. The molecule has 1 heterocycles. The van der Waals surface area contributed by atoms with Crippen molar-refractivity contribution in [2.45, 2.75) is 26.9 Å². The Morgan fingerprint density at radius 2 is 1.61 bits per heavy atom.